The monoisotopic (exact) mass is 256 g/mol. The van der Waals surface area contributed by atoms with Gasteiger partial charge in [0, 0.05) is 26.2 Å². The van der Waals surface area contributed by atoms with E-state index in [9.17, 15) is 9.59 Å². The van der Waals surface area contributed by atoms with Crippen molar-refractivity contribution in [3.8, 4) is 0 Å². The van der Waals surface area contributed by atoms with Crippen LogP contribution >= 0.6 is 0 Å². The van der Waals surface area contributed by atoms with Crippen LogP contribution in [0.3, 0.4) is 0 Å². The second-order valence-electron chi connectivity index (χ2n) is 4.58. The van der Waals surface area contributed by atoms with Crippen LogP contribution in [0.1, 0.15) is 53.4 Å². The quantitative estimate of drug-likeness (QED) is 0.625. The zero-order chi connectivity index (χ0) is 14.0. The van der Waals surface area contributed by atoms with E-state index in [0.29, 0.717) is 26.2 Å². The molecule has 4 nitrogen and oxygen atoms in total. The van der Waals surface area contributed by atoms with Crippen molar-refractivity contribution < 1.29 is 9.59 Å². The van der Waals surface area contributed by atoms with Crippen LogP contribution in [-0.2, 0) is 9.59 Å². The summed E-state index contributed by atoms with van der Waals surface area (Å²) < 4.78 is 0. The molecule has 0 aliphatic rings. The van der Waals surface area contributed by atoms with E-state index in [2.05, 4.69) is 0 Å². The summed E-state index contributed by atoms with van der Waals surface area (Å²) in [5, 5.41) is 0. The molecule has 0 aliphatic carbocycles. The summed E-state index contributed by atoms with van der Waals surface area (Å²) in [6, 6.07) is 0. The average Bonchev–Trinajstić information content (AvgIpc) is 2.36. The fraction of sp³-hybridized carbons (Fsp3) is 0.857. The van der Waals surface area contributed by atoms with Crippen LogP contribution < -0.4 is 0 Å². The van der Waals surface area contributed by atoms with E-state index < -0.39 is 0 Å². The molecule has 2 amide bonds. The summed E-state index contributed by atoms with van der Waals surface area (Å²) in [7, 11) is 0. The first kappa shape index (κ1) is 16.9. The maximum atomic E-state index is 12.1. The second-order valence-corrected chi connectivity index (χ2v) is 4.58. The molecule has 0 spiro atoms. The van der Waals surface area contributed by atoms with Gasteiger partial charge in [-0.25, -0.2) is 0 Å². The predicted octanol–water partition coefficient (Wildman–Crippen LogP) is 2.28. The van der Waals surface area contributed by atoms with Crippen molar-refractivity contribution in [2.75, 3.05) is 26.2 Å². The van der Waals surface area contributed by atoms with Crippen molar-refractivity contribution in [1.29, 1.82) is 0 Å². The number of carbonyl (C=O) groups is 2. The van der Waals surface area contributed by atoms with Gasteiger partial charge in [0.15, 0.2) is 0 Å². The molecule has 0 rings (SSSR count). The minimum atomic E-state index is -0.333. The Balaban J connectivity index is 4.63. The molecule has 0 saturated heterocycles. The first-order valence-electron chi connectivity index (χ1n) is 7.20. The van der Waals surface area contributed by atoms with Gasteiger partial charge in [0.2, 0.25) is 0 Å². The topological polar surface area (TPSA) is 40.6 Å². The van der Waals surface area contributed by atoms with E-state index in [1.807, 2.05) is 27.7 Å². The van der Waals surface area contributed by atoms with Gasteiger partial charge < -0.3 is 9.80 Å². The van der Waals surface area contributed by atoms with Crippen molar-refractivity contribution >= 4 is 11.8 Å². The number of hydrogen-bond acceptors (Lipinski definition) is 2. The Bertz CT molecular complexity index is 216. The van der Waals surface area contributed by atoms with E-state index in [4.69, 9.17) is 0 Å². The van der Waals surface area contributed by atoms with Crippen LogP contribution in [0, 0.1) is 0 Å². The largest absolute Gasteiger partial charge is 0.334 e. The lowest BCUT2D eigenvalue weighted by Gasteiger charge is -2.26. The molecular formula is C14H28N2O2. The van der Waals surface area contributed by atoms with Gasteiger partial charge in [0.1, 0.15) is 0 Å². The highest BCUT2D eigenvalue weighted by atomic mass is 16.2. The van der Waals surface area contributed by atoms with Gasteiger partial charge in [0.25, 0.3) is 0 Å². The van der Waals surface area contributed by atoms with Gasteiger partial charge >= 0.3 is 11.8 Å². The second kappa shape index (κ2) is 9.92. The Morgan fingerprint density at radius 2 is 0.833 bits per heavy atom. The Kier molecular flexibility index (Phi) is 9.33. The molecule has 0 N–H and O–H groups in total. The smallest absolute Gasteiger partial charge is 0.312 e. The van der Waals surface area contributed by atoms with Crippen LogP contribution in [-0.4, -0.2) is 47.8 Å². The number of amides is 2. The highest BCUT2D eigenvalue weighted by molar-refractivity contribution is 6.34. The first-order valence-corrected chi connectivity index (χ1v) is 7.20. The van der Waals surface area contributed by atoms with Crippen molar-refractivity contribution in [2.24, 2.45) is 0 Å². The normalized spacial score (nSPS) is 10.2. The molecule has 0 aromatic rings. The number of carbonyl (C=O) groups excluding carboxylic acids is 2. The molecule has 18 heavy (non-hydrogen) atoms. The van der Waals surface area contributed by atoms with E-state index in [1.54, 1.807) is 9.80 Å². The minimum absolute atomic E-state index is 0.333. The maximum absolute atomic E-state index is 12.1. The van der Waals surface area contributed by atoms with Gasteiger partial charge in [-0.15, -0.1) is 0 Å². The Labute approximate surface area is 111 Å². The zero-order valence-electron chi connectivity index (χ0n) is 12.4. The maximum Gasteiger partial charge on any atom is 0.312 e. The molecule has 0 saturated carbocycles. The summed E-state index contributed by atoms with van der Waals surface area (Å²) in [5.74, 6) is -0.666. The van der Waals surface area contributed by atoms with E-state index in [0.717, 1.165) is 25.7 Å². The molecule has 4 heteroatoms. The highest BCUT2D eigenvalue weighted by Gasteiger charge is 2.25. The Morgan fingerprint density at radius 3 is 1.00 bits per heavy atom. The molecule has 0 radical (unpaired) electrons. The summed E-state index contributed by atoms with van der Waals surface area (Å²) in [5.41, 5.74) is 0. The van der Waals surface area contributed by atoms with Crippen LogP contribution in [0.2, 0.25) is 0 Å². The van der Waals surface area contributed by atoms with E-state index in [1.165, 1.54) is 0 Å². The summed E-state index contributed by atoms with van der Waals surface area (Å²) in [4.78, 5) is 27.7. The lowest BCUT2D eigenvalue weighted by atomic mass is 10.3. The summed E-state index contributed by atoms with van der Waals surface area (Å²) >= 11 is 0. The standard InChI is InChI=1S/C14H28N2O2/c1-5-9-15(10-6-2)13(17)14(18)16(11-7-3)12-8-4/h5-12H2,1-4H3. The zero-order valence-corrected chi connectivity index (χ0v) is 12.4. The van der Waals surface area contributed by atoms with Crippen molar-refractivity contribution in [1.82, 2.24) is 9.80 Å². The Hall–Kier alpha value is -1.06. The van der Waals surface area contributed by atoms with Crippen LogP contribution in [0.25, 0.3) is 0 Å². The van der Waals surface area contributed by atoms with Crippen molar-refractivity contribution in [3.05, 3.63) is 0 Å². The molecule has 0 bridgehead atoms. The lowest BCUT2D eigenvalue weighted by molar-refractivity contribution is -0.152. The fourth-order valence-corrected chi connectivity index (χ4v) is 1.98. The Morgan fingerprint density at radius 1 is 0.611 bits per heavy atom. The third-order valence-corrected chi connectivity index (χ3v) is 2.73. The molecule has 0 heterocycles. The third-order valence-electron chi connectivity index (χ3n) is 2.73. The van der Waals surface area contributed by atoms with Crippen LogP contribution in [0.15, 0.2) is 0 Å². The van der Waals surface area contributed by atoms with Gasteiger partial charge in [-0.1, -0.05) is 27.7 Å². The van der Waals surface area contributed by atoms with E-state index in [-0.39, 0.29) is 11.8 Å². The van der Waals surface area contributed by atoms with Gasteiger partial charge in [0.05, 0.1) is 0 Å². The number of rotatable bonds is 8. The van der Waals surface area contributed by atoms with Gasteiger partial charge in [-0.3, -0.25) is 9.59 Å². The number of nitrogens with zero attached hydrogens (tertiary/aromatic N) is 2. The SMILES string of the molecule is CCCN(CCC)C(=O)C(=O)N(CCC)CCC. The third kappa shape index (κ3) is 5.52. The van der Waals surface area contributed by atoms with Gasteiger partial charge in [-0.05, 0) is 25.7 Å². The van der Waals surface area contributed by atoms with Crippen LogP contribution in [0.5, 0.6) is 0 Å². The molecule has 106 valence electrons. The molecule has 0 unspecified atom stereocenters. The molecule has 0 aliphatic heterocycles. The number of hydrogen-bond donors (Lipinski definition) is 0. The van der Waals surface area contributed by atoms with Crippen molar-refractivity contribution in [2.45, 2.75) is 53.4 Å². The molecule has 0 aromatic heterocycles. The first-order chi connectivity index (χ1) is 8.62. The summed E-state index contributed by atoms with van der Waals surface area (Å²) in [6.07, 6.45) is 3.56. The van der Waals surface area contributed by atoms with Gasteiger partial charge in [-0.2, -0.15) is 0 Å². The molecule has 0 aromatic carbocycles. The predicted molar refractivity (Wildman–Crippen MR) is 74.3 cm³/mol. The molecular weight excluding hydrogens is 228 g/mol. The molecule has 0 atom stereocenters. The average molecular weight is 256 g/mol. The summed E-state index contributed by atoms with van der Waals surface area (Å²) in [6.45, 7) is 10.8. The highest BCUT2D eigenvalue weighted by Crippen LogP contribution is 2.02. The fourth-order valence-electron chi connectivity index (χ4n) is 1.98. The lowest BCUT2D eigenvalue weighted by Crippen LogP contribution is -2.46. The van der Waals surface area contributed by atoms with Crippen molar-refractivity contribution in [3.63, 3.8) is 0 Å². The van der Waals surface area contributed by atoms with E-state index >= 15 is 0 Å². The minimum Gasteiger partial charge on any atom is -0.334 e. The van der Waals surface area contributed by atoms with Crippen LogP contribution in [0.4, 0.5) is 0 Å². The molecule has 0 fully saturated rings.